The molecule has 0 saturated heterocycles. The molecular weight excluding hydrogens is 362 g/mol. The van der Waals surface area contributed by atoms with E-state index < -0.39 is 0 Å². The first kappa shape index (κ1) is 20.8. The molecule has 2 aromatic carbocycles. The predicted octanol–water partition coefficient (Wildman–Crippen LogP) is 3.97. The summed E-state index contributed by atoms with van der Waals surface area (Å²) in [5.41, 5.74) is 2.36. The van der Waals surface area contributed by atoms with Crippen molar-refractivity contribution in [1.29, 1.82) is 0 Å². The van der Waals surface area contributed by atoms with Crippen molar-refractivity contribution in [2.45, 2.75) is 20.8 Å². The lowest BCUT2D eigenvalue weighted by Gasteiger charge is -2.24. The number of benzene rings is 2. The molecule has 0 unspecified atom stereocenters. The van der Waals surface area contributed by atoms with Crippen LogP contribution in [0.5, 0.6) is 0 Å². The third kappa shape index (κ3) is 5.47. The van der Waals surface area contributed by atoms with E-state index in [1.54, 1.807) is 29.2 Å². The Hall–Kier alpha value is -2.53. The first-order valence-corrected chi connectivity index (χ1v) is 9.51. The summed E-state index contributed by atoms with van der Waals surface area (Å²) in [6.45, 7) is 8.33. The van der Waals surface area contributed by atoms with Crippen molar-refractivity contribution in [2.24, 2.45) is 0 Å². The fourth-order valence-electron chi connectivity index (χ4n) is 2.92. The van der Waals surface area contributed by atoms with Crippen LogP contribution in [0.25, 0.3) is 0 Å². The van der Waals surface area contributed by atoms with Crippen LogP contribution >= 0.6 is 11.6 Å². The molecule has 0 aliphatic heterocycles. The first-order valence-electron chi connectivity index (χ1n) is 9.13. The minimum Gasteiger partial charge on any atom is -0.372 e. The van der Waals surface area contributed by atoms with Crippen LogP contribution in [0.1, 0.15) is 31.1 Å². The lowest BCUT2D eigenvalue weighted by atomic mass is 10.2. The van der Waals surface area contributed by atoms with E-state index in [1.807, 2.05) is 24.3 Å². The van der Waals surface area contributed by atoms with Gasteiger partial charge in [0.25, 0.3) is 5.91 Å². The van der Waals surface area contributed by atoms with E-state index in [1.165, 1.54) is 6.92 Å². The standard InChI is InChI=1S/C21H26ClN3O2/c1-4-24(5-2)17-10-12-18(13-11-17)25(16(3)26)15-14-23-21(27)19-8-6-7-9-20(19)22/h6-13H,4-5,14-15H2,1-3H3,(H,23,27). The molecule has 0 saturated carbocycles. The molecule has 0 aromatic heterocycles. The van der Waals surface area contributed by atoms with Gasteiger partial charge in [0, 0.05) is 44.5 Å². The van der Waals surface area contributed by atoms with Gasteiger partial charge in [-0.15, -0.1) is 0 Å². The molecule has 0 atom stereocenters. The number of rotatable bonds is 8. The van der Waals surface area contributed by atoms with Gasteiger partial charge < -0.3 is 15.1 Å². The molecule has 2 amide bonds. The summed E-state index contributed by atoms with van der Waals surface area (Å²) in [6, 6.07) is 14.8. The second-order valence-electron chi connectivity index (χ2n) is 6.10. The van der Waals surface area contributed by atoms with Crippen LogP contribution in [0.4, 0.5) is 11.4 Å². The molecule has 0 radical (unpaired) electrons. The van der Waals surface area contributed by atoms with E-state index in [9.17, 15) is 9.59 Å². The van der Waals surface area contributed by atoms with Gasteiger partial charge in [-0.25, -0.2) is 0 Å². The monoisotopic (exact) mass is 387 g/mol. The molecule has 0 spiro atoms. The van der Waals surface area contributed by atoms with Crippen molar-refractivity contribution in [3.05, 3.63) is 59.1 Å². The molecule has 0 heterocycles. The smallest absolute Gasteiger partial charge is 0.252 e. The van der Waals surface area contributed by atoms with Crippen molar-refractivity contribution in [3.63, 3.8) is 0 Å². The second kappa shape index (κ2) is 9.97. The topological polar surface area (TPSA) is 52.6 Å². The Morgan fingerprint density at radius 1 is 0.963 bits per heavy atom. The van der Waals surface area contributed by atoms with Gasteiger partial charge in [0.2, 0.25) is 5.91 Å². The van der Waals surface area contributed by atoms with Crippen LogP contribution in [0, 0.1) is 0 Å². The molecule has 0 aliphatic carbocycles. The molecule has 0 aliphatic rings. The van der Waals surface area contributed by atoms with Crippen molar-refractivity contribution in [3.8, 4) is 0 Å². The lowest BCUT2D eigenvalue weighted by molar-refractivity contribution is -0.116. The van der Waals surface area contributed by atoms with Crippen LogP contribution in [-0.4, -0.2) is 38.0 Å². The van der Waals surface area contributed by atoms with Gasteiger partial charge in [0.05, 0.1) is 10.6 Å². The zero-order valence-electron chi connectivity index (χ0n) is 16.0. The molecular formula is C21H26ClN3O2. The van der Waals surface area contributed by atoms with Crippen molar-refractivity contribution in [1.82, 2.24) is 5.32 Å². The van der Waals surface area contributed by atoms with Gasteiger partial charge in [0.15, 0.2) is 0 Å². The SMILES string of the molecule is CCN(CC)c1ccc(N(CCNC(=O)c2ccccc2Cl)C(C)=O)cc1. The Morgan fingerprint density at radius 3 is 2.11 bits per heavy atom. The zero-order valence-corrected chi connectivity index (χ0v) is 16.8. The zero-order chi connectivity index (χ0) is 19.8. The Labute approximate surface area is 165 Å². The highest BCUT2D eigenvalue weighted by Crippen LogP contribution is 2.21. The van der Waals surface area contributed by atoms with Crippen LogP contribution in [-0.2, 0) is 4.79 Å². The number of amides is 2. The molecule has 0 bridgehead atoms. The minimum absolute atomic E-state index is 0.0717. The summed E-state index contributed by atoms with van der Waals surface area (Å²) in [5, 5.41) is 3.23. The normalized spacial score (nSPS) is 10.4. The first-order chi connectivity index (χ1) is 13.0. The van der Waals surface area contributed by atoms with E-state index in [2.05, 4.69) is 24.1 Å². The third-order valence-electron chi connectivity index (χ3n) is 4.41. The number of anilines is 2. The Balaban J connectivity index is 2.00. The number of halogens is 1. The van der Waals surface area contributed by atoms with Gasteiger partial charge in [-0.3, -0.25) is 9.59 Å². The average molecular weight is 388 g/mol. The van der Waals surface area contributed by atoms with Gasteiger partial charge >= 0.3 is 0 Å². The lowest BCUT2D eigenvalue weighted by Crippen LogP contribution is -2.37. The molecule has 2 rings (SSSR count). The highest BCUT2D eigenvalue weighted by Gasteiger charge is 2.14. The van der Waals surface area contributed by atoms with Gasteiger partial charge in [-0.2, -0.15) is 0 Å². The fourth-order valence-corrected chi connectivity index (χ4v) is 3.14. The van der Waals surface area contributed by atoms with Crippen LogP contribution in [0.15, 0.2) is 48.5 Å². The second-order valence-corrected chi connectivity index (χ2v) is 6.50. The Kier molecular flexibility index (Phi) is 7.67. The highest BCUT2D eigenvalue weighted by atomic mass is 35.5. The van der Waals surface area contributed by atoms with Crippen LogP contribution in [0.3, 0.4) is 0 Å². The number of carbonyl (C=O) groups excluding carboxylic acids is 2. The Bertz CT molecular complexity index is 773. The van der Waals surface area contributed by atoms with E-state index in [-0.39, 0.29) is 11.8 Å². The highest BCUT2D eigenvalue weighted by molar-refractivity contribution is 6.33. The maximum atomic E-state index is 12.2. The molecule has 1 N–H and O–H groups in total. The number of hydrogen-bond acceptors (Lipinski definition) is 3. The summed E-state index contributed by atoms with van der Waals surface area (Å²) < 4.78 is 0. The molecule has 6 heteroatoms. The summed E-state index contributed by atoms with van der Waals surface area (Å²) in [6.07, 6.45) is 0. The van der Waals surface area contributed by atoms with E-state index in [4.69, 9.17) is 11.6 Å². The van der Waals surface area contributed by atoms with Crippen LogP contribution in [0.2, 0.25) is 5.02 Å². The fraction of sp³-hybridized carbons (Fsp3) is 0.333. The van der Waals surface area contributed by atoms with Crippen molar-refractivity contribution >= 4 is 34.8 Å². The number of nitrogens with one attached hydrogen (secondary N) is 1. The maximum Gasteiger partial charge on any atom is 0.252 e. The van der Waals surface area contributed by atoms with E-state index in [0.717, 1.165) is 24.5 Å². The Morgan fingerprint density at radius 2 is 1.56 bits per heavy atom. The number of hydrogen-bond donors (Lipinski definition) is 1. The summed E-state index contributed by atoms with van der Waals surface area (Å²) in [7, 11) is 0. The predicted molar refractivity (Wildman–Crippen MR) is 112 cm³/mol. The quantitative estimate of drug-likeness (QED) is 0.745. The molecule has 144 valence electrons. The van der Waals surface area contributed by atoms with Crippen molar-refractivity contribution in [2.75, 3.05) is 36.0 Å². The molecule has 27 heavy (non-hydrogen) atoms. The van der Waals surface area contributed by atoms with Gasteiger partial charge in [-0.05, 0) is 50.2 Å². The third-order valence-corrected chi connectivity index (χ3v) is 4.74. The minimum atomic E-state index is -0.249. The van der Waals surface area contributed by atoms with Crippen molar-refractivity contribution < 1.29 is 9.59 Å². The molecule has 2 aromatic rings. The number of carbonyl (C=O) groups is 2. The summed E-state index contributed by atoms with van der Waals surface area (Å²) >= 11 is 6.04. The molecule has 5 nitrogen and oxygen atoms in total. The van der Waals surface area contributed by atoms with Crippen LogP contribution < -0.4 is 15.1 Å². The van der Waals surface area contributed by atoms with E-state index >= 15 is 0 Å². The number of nitrogens with zero attached hydrogens (tertiary/aromatic N) is 2. The summed E-state index contributed by atoms with van der Waals surface area (Å²) in [5.74, 6) is -0.321. The largest absolute Gasteiger partial charge is 0.372 e. The summed E-state index contributed by atoms with van der Waals surface area (Å²) in [4.78, 5) is 28.2. The maximum absolute atomic E-state index is 12.2. The molecule has 0 fully saturated rings. The average Bonchev–Trinajstić information content (AvgIpc) is 2.67. The van der Waals surface area contributed by atoms with E-state index in [0.29, 0.717) is 23.7 Å². The van der Waals surface area contributed by atoms with Gasteiger partial charge in [0.1, 0.15) is 0 Å². The van der Waals surface area contributed by atoms with Gasteiger partial charge in [-0.1, -0.05) is 23.7 Å².